The summed E-state index contributed by atoms with van der Waals surface area (Å²) in [5, 5.41) is 10.5. The van der Waals surface area contributed by atoms with Gasteiger partial charge in [0.2, 0.25) is 5.88 Å². The van der Waals surface area contributed by atoms with Crippen molar-refractivity contribution in [3.05, 3.63) is 71.4 Å². The Morgan fingerprint density at radius 2 is 1.91 bits per heavy atom. The number of methoxy groups -OCH3 is 1. The second-order valence-corrected chi connectivity index (χ2v) is 9.64. The summed E-state index contributed by atoms with van der Waals surface area (Å²) in [5.74, 6) is 3.87. The minimum atomic E-state index is -0.451. The van der Waals surface area contributed by atoms with E-state index >= 15 is 0 Å². The fourth-order valence-corrected chi connectivity index (χ4v) is 6.01. The molecule has 6 atom stereocenters. The molecule has 0 saturated carbocycles. The van der Waals surface area contributed by atoms with Crippen LogP contribution in [0.4, 0.5) is 0 Å². The first kappa shape index (κ1) is 20.0. The van der Waals surface area contributed by atoms with E-state index in [-0.39, 0.29) is 12.0 Å². The van der Waals surface area contributed by atoms with Crippen LogP contribution in [0.3, 0.4) is 0 Å². The molecule has 1 N–H and O–H groups in total. The number of allylic oxidation sites excluding steroid dienone is 7. The summed E-state index contributed by atoms with van der Waals surface area (Å²) >= 11 is 0. The third-order valence-electron chi connectivity index (χ3n) is 7.78. The molecule has 1 aromatic rings. The molecule has 32 heavy (non-hydrogen) atoms. The summed E-state index contributed by atoms with van der Waals surface area (Å²) in [7, 11) is 1.64. The molecule has 166 valence electrons. The fraction of sp³-hybridized carbons (Fsp3) is 0.481. The van der Waals surface area contributed by atoms with E-state index in [4.69, 9.17) is 14.5 Å². The van der Waals surface area contributed by atoms with Crippen LogP contribution in [-0.2, 0) is 4.74 Å². The highest BCUT2D eigenvalue weighted by atomic mass is 16.5. The number of nitrogens with zero attached hydrogens (tertiary/aromatic N) is 2. The van der Waals surface area contributed by atoms with Crippen LogP contribution in [0.2, 0.25) is 0 Å². The first-order valence-corrected chi connectivity index (χ1v) is 11.9. The molecular formula is C27H30N2O3. The molecule has 6 rings (SSSR count). The van der Waals surface area contributed by atoms with Gasteiger partial charge >= 0.3 is 0 Å². The molecule has 0 amide bonds. The van der Waals surface area contributed by atoms with Gasteiger partial charge in [0.1, 0.15) is 11.9 Å². The van der Waals surface area contributed by atoms with Crippen molar-refractivity contribution >= 4 is 5.57 Å². The first-order valence-electron chi connectivity index (χ1n) is 11.9. The van der Waals surface area contributed by atoms with Gasteiger partial charge in [-0.2, -0.15) is 4.98 Å². The average molecular weight is 431 g/mol. The zero-order valence-electron chi connectivity index (χ0n) is 18.5. The van der Waals surface area contributed by atoms with Crippen molar-refractivity contribution in [2.24, 2.45) is 17.8 Å². The molecule has 2 heterocycles. The number of fused-ring (bicyclic) bond motifs is 3. The predicted molar refractivity (Wildman–Crippen MR) is 123 cm³/mol. The molecule has 0 spiro atoms. The Kier molecular flexibility index (Phi) is 5.02. The third kappa shape index (κ3) is 3.43. The molecule has 0 saturated heterocycles. The Labute approximate surface area is 189 Å². The zero-order valence-corrected chi connectivity index (χ0v) is 18.5. The molecule has 0 aromatic carbocycles. The lowest BCUT2D eigenvalue weighted by atomic mass is 9.71. The van der Waals surface area contributed by atoms with Crippen molar-refractivity contribution in [2.75, 3.05) is 7.11 Å². The SMILES string of the molecule is COc1cc(C2=CCC3OC4=C(CC5C=CC=CC5C4)C3C2)nc(C2C=CCCC2O)n1. The summed E-state index contributed by atoms with van der Waals surface area (Å²) in [6.45, 7) is 0. The Morgan fingerprint density at radius 3 is 2.72 bits per heavy atom. The Hall–Kier alpha value is -2.66. The highest BCUT2D eigenvalue weighted by molar-refractivity contribution is 5.65. The molecule has 0 radical (unpaired) electrons. The molecule has 0 fully saturated rings. The van der Waals surface area contributed by atoms with E-state index in [0.29, 0.717) is 29.5 Å². The number of aliphatic hydroxyl groups excluding tert-OH is 1. The van der Waals surface area contributed by atoms with Gasteiger partial charge in [-0.05, 0) is 48.7 Å². The minimum absolute atomic E-state index is 0.180. The average Bonchev–Trinajstić information content (AvgIpc) is 3.19. The van der Waals surface area contributed by atoms with Gasteiger partial charge in [0.25, 0.3) is 0 Å². The summed E-state index contributed by atoms with van der Waals surface area (Å²) in [4.78, 5) is 9.49. The van der Waals surface area contributed by atoms with Crippen molar-refractivity contribution in [3.63, 3.8) is 0 Å². The van der Waals surface area contributed by atoms with E-state index in [1.54, 1.807) is 7.11 Å². The van der Waals surface area contributed by atoms with Crippen molar-refractivity contribution in [1.82, 2.24) is 9.97 Å². The van der Waals surface area contributed by atoms with Crippen LogP contribution < -0.4 is 4.74 Å². The van der Waals surface area contributed by atoms with Crippen LogP contribution in [0.15, 0.2) is 59.9 Å². The number of rotatable bonds is 3. The Bertz CT molecular complexity index is 1070. The number of aromatic nitrogens is 2. The molecule has 5 nitrogen and oxygen atoms in total. The van der Waals surface area contributed by atoms with Gasteiger partial charge in [-0.15, -0.1) is 0 Å². The number of aliphatic hydroxyl groups is 1. The van der Waals surface area contributed by atoms with E-state index in [2.05, 4.69) is 41.4 Å². The molecule has 1 aliphatic heterocycles. The van der Waals surface area contributed by atoms with E-state index in [1.165, 1.54) is 16.9 Å². The minimum Gasteiger partial charge on any atom is -0.494 e. The third-order valence-corrected chi connectivity index (χ3v) is 7.78. The van der Waals surface area contributed by atoms with Gasteiger partial charge in [-0.25, -0.2) is 4.98 Å². The standard InChI is InChI=1S/C27H30N2O3/c1-31-26-15-22(28-27(29-26)19-8-4-5-9-23(19)30)18-10-11-24-20(13-18)21-12-16-6-2-3-7-17(16)14-25(21)32-24/h2-4,6-8,10,15-17,19-20,23-24,30H,5,9,11-14H2,1H3. The first-order chi connectivity index (χ1) is 15.7. The largest absolute Gasteiger partial charge is 0.494 e. The second kappa shape index (κ2) is 8.04. The smallest absolute Gasteiger partial charge is 0.216 e. The summed E-state index contributed by atoms with van der Waals surface area (Å²) in [6, 6.07) is 1.94. The maximum atomic E-state index is 10.5. The lowest BCUT2D eigenvalue weighted by Gasteiger charge is -2.31. The number of hydrogen-bond donors (Lipinski definition) is 1. The molecule has 5 aliphatic rings. The van der Waals surface area contributed by atoms with Crippen molar-refractivity contribution in [2.45, 2.75) is 56.7 Å². The lowest BCUT2D eigenvalue weighted by Crippen LogP contribution is -2.25. The molecule has 0 bridgehead atoms. The van der Waals surface area contributed by atoms with Gasteiger partial charge in [0, 0.05) is 24.8 Å². The normalized spacial score (nSPS) is 35.0. The fourth-order valence-electron chi connectivity index (χ4n) is 6.01. The van der Waals surface area contributed by atoms with Gasteiger partial charge in [0.15, 0.2) is 0 Å². The highest BCUT2D eigenvalue weighted by Crippen LogP contribution is 2.51. The van der Waals surface area contributed by atoms with Crippen LogP contribution in [0, 0.1) is 17.8 Å². The Balaban J connectivity index is 1.29. The lowest BCUT2D eigenvalue weighted by molar-refractivity contribution is 0.104. The van der Waals surface area contributed by atoms with Gasteiger partial charge in [-0.1, -0.05) is 42.5 Å². The number of hydrogen-bond acceptors (Lipinski definition) is 5. The summed E-state index contributed by atoms with van der Waals surface area (Å²) < 4.78 is 12.0. The van der Waals surface area contributed by atoms with E-state index in [1.807, 2.05) is 12.1 Å². The maximum absolute atomic E-state index is 10.5. The van der Waals surface area contributed by atoms with Crippen LogP contribution in [0.5, 0.6) is 5.88 Å². The van der Waals surface area contributed by atoms with Crippen LogP contribution in [0.1, 0.15) is 56.0 Å². The van der Waals surface area contributed by atoms with E-state index in [9.17, 15) is 5.11 Å². The zero-order chi connectivity index (χ0) is 21.7. The van der Waals surface area contributed by atoms with E-state index in [0.717, 1.165) is 44.2 Å². The monoisotopic (exact) mass is 430 g/mol. The highest BCUT2D eigenvalue weighted by Gasteiger charge is 2.43. The van der Waals surface area contributed by atoms with Crippen molar-refractivity contribution < 1.29 is 14.6 Å². The van der Waals surface area contributed by atoms with Crippen molar-refractivity contribution in [1.29, 1.82) is 0 Å². The van der Waals surface area contributed by atoms with Gasteiger partial charge in [-0.3, -0.25) is 0 Å². The topological polar surface area (TPSA) is 64.5 Å². The molecule has 6 unspecified atom stereocenters. The molecule has 4 aliphatic carbocycles. The molecule has 1 aromatic heterocycles. The van der Waals surface area contributed by atoms with Crippen molar-refractivity contribution in [3.8, 4) is 5.88 Å². The second-order valence-electron chi connectivity index (χ2n) is 9.64. The van der Waals surface area contributed by atoms with Crippen LogP contribution >= 0.6 is 0 Å². The summed E-state index contributed by atoms with van der Waals surface area (Å²) in [6.07, 6.45) is 20.9. The number of ether oxygens (including phenoxy) is 2. The van der Waals surface area contributed by atoms with Crippen LogP contribution in [-0.4, -0.2) is 34.4 Å². The quantitative estimate of drug-likeness (QED) is 0.693. The molecule has 5 heteroatoms. The summed E-state index contributed by atoms with van der Waals surface area (Å²) in [5.41, 5.74) is 3.68. The molecular weight excluding hydrogens is 400 g/mol. The maximum Gasteiger partial charge on any atom is 0.216 e. The van der Waals surface area contributed by atoms with E-state index < -0.39 is 6.10 Å². The van der Waals surface area contributed by atoms with Gasteiger partial charge in [0.05, 0.1) is 30.6 Å². The predicted octanol–water partition coefficient (Wildman–Crippen LogP) is 4.88. The Morgan fingerprint density at radius 1 is 1.06 bits per heavy atom. The van der Waals surface area contributed by atoms with Gasteiger partial charge < -0.3 is 14.6 Å². The van der Waals surface area contributed by atoms with Crippen LogP contribution in [0.25, 0.3) is 5.57 Å².